The van der Waals surface area contributed by atoms with Crippen molar-refractivity contribution in [2.24, 2.45) is 14.1 Å². The van der Waals surface area contributed by atoms with Gasteiger partial charge >= 0.3 is 5.69 Å². The number of carbonyl (C=O) groups is 1. The third-order valence-electron chi connectivity index (χ3n) is 3.72. The minimum absolute atomic E-state index is 0.116. The van der Waals surface area contributed by atoms with Gasteiger partial charge in [0.15, 0.2) is 4.90 Å². The number of aryl methyl sites for hydroxylation is 1. The summed E-state index contributed by atoms with van der Waals surface area (Å²) in [4.78, 5) is 36.1. The largest absolute Gasteiger partial charge is 0.340 e. The number of amides is 1. The summed E-state index contributed by atoms with van der Waals surface area (Å²) in [5.41, 5.74) is -1.44. The Morgan fingerprint density at radius 3 is 2.14 bits per heavy atom. The fraction of sp³-hybridized carbons (Fsp3) is 0.583. The zero-order valence-electron chi connectivity index (χ0n) is 12.6. The van der Waals surface area contributed by atoms with Gasteiger partial charge in [0, 0.05) is 53.4 Å². The number of sulfonamides is 1. The predicted octanol–water partition coefficient (Wildman–Crippen LogP) is -2.06. The molecule has 22 heavy (non-hydrogen) atoms. The first-order chi connectivity index (χ1) is 10.2. The van der Waals surface area contributed by atoms with Crippen molar-refractivity contribution in [3.63, 3.8) is 0 Å². The number of aromatic nitrogens is 2. The summed E-state index contributed by atoms with van der Waals surface area (Å²) in [5, 5.41) is 0. The quantitative estimate of drug-likeness (QED) is 0.620. The first-order valence-electron chi connectivity index (χ1n) is 6.68. The molecule has 0 N–H and O–H groups in total. The fourth-order valence-corrected chi connectivity index (χ4v) is 3.91. The Bertz CT molecular complexity index is 815. The summed E-state index contributed by atoms with van der Waals surface area (Å²) in [6, 6.07) is 0. The molecule has 2 heterocycles. The smallest absolute Gasteiger partial charge is 0.330 e. The van der Waals surface area contributed by atoms with Crippen molar-refractivity contribution in [1.82, 2.24) is 18.3 Å². The molecule has 0 radical (unpaired) electrons. The second kappa shape index (κ2) is 5.69. The summed E-state index contributed by atoms with van der Waals surface area (Å²) in [7, 11) is -1.38. The van der Waals surface area contributed by atoms with Crippen LogP contribution in [0, 0.1) is 0 Å². The third-order valence-corrected chi connectivity index (χ3v) is 5.60. The maximum Gasteiger partial charge on any atom is 0.330 e. The maximum atomic E-state index is 12.6. The average molecular weight is 330 g/mol. The molecule has 0 aromatic carbocycles. The van der Waals surface area contributed by atoms with Crippen LogP contribution in [0.25, 0.3) is 0 Å². The van der Waals surface area contributed by atoms with E-state index in [2.05, 4.69) is 0 Å². The Kier molecular flexibility index (Phi) is 4.25. The topological polar surface area (TPSA) is 102 Å². The third kappa shape index (κ3) is 2.71. The van der Waals surface area contributed by atoms with Gasteiger partial charge in [0.05, 0.1) is 0 Å². The molecular weight excluding hydrogens is 312 g/mol. The highest BCUT2D eigenvalue weighted by atomic mass is 32.2. The highest BCUT2D eigenvalue weighted by Gasteiger charge is 2.32. The van der Waals surface area contributed by atoms with Crippen molar-refractivity contribution in [1.29, 1.82) is 0 Å². The lowest BCUT2D eigenvalue weighted by Crippen LogP contribution is -2.51. The Morgan fingerprint density at radius 2 is 1.64 bits per heavy atom. The molecule has 9 nitrogen and oxygen atoms in total. The molecule has 0 bridgehead atoms. The van der Waals surface area contributed by atoms with Crippen molar-refractivity contribution in [3.05, 3.63) is 27.0 Å². The van der Waals surface area contributed by atoms with E-state index in [0.717, 1.165) is 19.6 Å². The van der Waals surface area contributed by atoms with E-state index in [1.54, 1.807) is 4.90 Å². The second-order valence-corrected chi connectivity index (χ2v) is 7.07. The molecule has 0 atom stereocenters. The van der Waals surface area contributed by atoms with Gasteiger partial charge in [-0.25, -0.2) is 13.2 Å². The maximum absolute atomic E-state index is 12.6. The molecule has 1 aliphatic rings. The molecule has 1 aromatic heterocycles. The van der Waals surface area contributed by atoms with Crippen LogP contribution in [0.2, 0.25) is 0 Å². The van der Waals surface area contributed by atoms with Crippen LogP contribution < -0.4 is 11.2 Å². The Labute approximate surface area is 127 Å². The van der Waals surface area contributed by atoms with E-state index in [4.69, 9.17) is 0 Å². The van der Waals surface area contributed by atoms with E-state index in [1.807, 2.05) is 0 Å². The van der Waals surface area contributed by atoms with E-state index in [-0.39, 0.29) is 32.1 Å². The van der Waals surface area contributed by atoms with Crippen LogP contribution in [0.5, 0.6) is 0 Å². The molecule has 0 saturated carbocycles. The Morgan fingerprint density at radius 1 is 1.09 bits per heavy atom. The minimum Gasteiger partial charge on any atom is -0.340 e. The molecule has 0 unspecified atom stereocenters. The monoisotopic (exact) mass is 330 g/mol. The standard InChI is InChI=1S/C12H18N4O5S/c1-9(17)15-4-6-16(7-5-15)22(20,21)10-8-13(2)12(19)14(3)11(10)18/h8H,4-7H2,1-3H3. The molecular formula is C12H18N4O5S. The van der Waals surface area contributed by atoms with Gasteiger partial charge in [-0.3, -0.25) is 14.2 Å². The van der Waals surface area contributed by atoms with Gasteiger partial charge in [-0.1, -0.05) is 0 Å². The molecule has 1 aliphatic heterocycles. The van der Waals surface area contributed by atoms with Crippen LogP contribution in [0.15, 0.2) is 20.7 Å². The van der Waals surface area contributed by atoms with Crippen LogP contribution in [0.1, 0.15) is 6.92 Å². The molecule has 0 aliphatic carbocycles. The second-order valence-electron chi connectivity index (χ2n) is 5.16. The van der Waals surface area contributed by atoms with Gasteiger partial charge in [-0.2, -0.15) is 4.31 Å². The van der Waals surface area contributed by atoms with Gasteiger partial charge in [-0.15, -0.1) is 0 Å². The van der Waals surface area contributed by atoms with Crippen molar-refractivity contribution in [3.8, 4) is 0 Å². The summed E-state index contributed by atoms with van der Waals surface area (Å²) >= 11 is 0. The SMILES string of the molecule is CC(=O)N1CCN(S(=O)(=O)c2cn(C)c(=O)n(C)c2=O)CC1. The van der Waals surface area contributed by atoms with E-state index in [0.29, 0.717) is 0 Å². The van der Waals surface area contributed by atoms with Gasteiger partial charge in [0.1, 0.15) is 0 Å². The van der Waals surface area contributed by atoms with E-state index < -0.39 is 26.2 Å². The fourth-order valence-electron chi connectivity index (χ4n) is 2.33. The van der Waals surface area contributed by atoms with Crippen LogP contribution in [-0.4, -0.2) is 58.8 Å². The number of hydrogen-bond acceptors (Lipinski definition) is 5. The predicted molar refractivity (Wildman–Crippen MR) is 77.9 cm³/mol. The molecule has 10 heteroatoms. The van der Waals surface area contributed by atoms with Gasteiger partial charge in [0.25, 0.3) is 5.56 Å². The lowest BCUT2D eigenvalue weighted by atomic mass is 10.3. The van der Waals surface area contributed by atoms with Crippen molar-refractivity contribution >= 4 is 15.9 Å². The molecule has 1 aromatic rings. The van der Waals surface area contributed by atoms with E-state index in [1.165, 1.54) is 21.0 Å². The molecule has 1 saturated heterocycles. The van der Waals surface area contributed by atoms with Crippen LogP contribution in [0.3, 0.4) is 0 Å². The lowest BCUT2D eigenvalue weighted by molar-refractivity contribution is -0.129. The lowest BCUT2D eigenvalue weighted by Gasteiger charge is -2.33. The summed E-state index contributed by atoms with van der Waals surface area (Å²) < 4.78 is 28.2. The minimum atomic E-state index is -4.00. The first kappa shape index (κ1) is 16.4. The summed E-state index contributed by atoms with van der Waals surface area (Å²) in [6.45, 7) is 2.22. The molecule has 122 valence electrons. The van der Waals surface area contributed by atoms with Crippen LogP contribution in [-0.2, 0) is 28.9 Å². The Hall–Kier alpha value is -1.94. The van der Waals surface area contributed by atoms with Gasteiger partial charge < -0.3 is 9.47 Å². The molecule has 2 rings (SSSR count). The molecule has 1 amide bonds. The number of hydrogen-bond donors (Lipinski definition) is 0. The summed E-state index contributed by atoms with van der Waals surface area (Å²) in [6.07, 6.45) is 1.04. The normalized spacial score (nSPS) is 16.8. The van der Waals surface area contributed by atoms with Crippen molar-refractivity contribution < 1.29 is 13.2 Å². The molecule has 1 fully saturated rings. The van der Waals surface area contributed by atoms with E-state index in [9.17, 15) is 22.8 Å². The average Bonchev–Trinajstić information content (AvgIpc) is 2.48. The van der Waals surface area contributed by atoms with E-state index >= 15 is 0 Å². The summed E-state index contributed by atoms with van der Waals surface area (Å²) in [5.74, 6) is -0.116. The Balaban J connectivity index is 2.39. The van der Waals surface area contributed by atoms with Gasteiger partial charge in [0.2, 0.25) is 15.9 Å². The van der Waals surface area contributed by atoms with Crippen LogP contribution in [0.4, 0.5) is 0 Å². The van der Waals surface area contributed by atoms with Crippen LogP contribution >= 0.6 is 0 Å². The van der Waals surface area contributed by atoms with Gasteiger partial charge in [-0.05, 0) is 0 Å². The molecule has 0 spiro atoms. The highest BCUT2D eigenvalue weighted by molar-refractivity contribution is 7.89. The first-order valence-corrected chi connectivity index (χ1v) is 8.12. The highest BCUT2D eigenvalue weighted by Crippen LogP contribution is 2.13. The number of carbonyl (C=O) groups excluding carboxylic acids is 1. The zero-order valence-corrected chi connectivity index (χ0v) is 13.5. The number of nitrogens with zero attached hydrogens (tertiary/aromatic N) is 4. The van der Waals surface area contributed by atoms with Crippen molar-refractivity contribution in [2.75, 3.05) is 26.2 Å². The van der Waals surface area contributed by atoms with Crippen molar-refractivity contribution in [2.45, 2.75) is 11.8 Å². The number of rotatable bonds is 2. The zero-order chi connectivity index (χ0) is 16.7. The number of piperazine rings is 1.